The molecule has 4 heteroatoms. The second-order valence-corrected chi connectivity index (χ2v) is 6.10. The van der Waals surface area contributed by atoms with Crippen LogP contribution in [-0.4, -0.2) is 15.7 Å². The lowest BCUT2D eigenvalue weighted by molar-refractivity contribution is 0.273. The van der Waals surface area contributed by atoms with E-state index >= 15 is 0 Å². The van der Waals surface area contributed by atoms with Crippen LogP contribution in [0.15, 0.2) is 0 Å². The lowest BCUT2D eigenvalue weighted by atomic mass is 9.78. The molecule has 0 aliphatic rings. The Morgan fingerprint density at radius 2 is 1.95 bits per heavy atom. The first-order chi connectivity index (χ1) is 9.03. The first-order valence-corrected chi connectivity index (χ1v) is 8.21. The molecule has 0 saturated heterocycles. The molecule has 0 saturated carbocycles. The summed E-state index contributed by atoms with van der Waals surface area (Å²) < 4.78 is 1.93. The predicted molar refractivity (Wildman–Crippen MR) is 84.3 cm³/mol. The third-order valence-electron chi connectivity index (χ3n) is 4.14. The number of aryl methyl sites for hydroxylation is 2. The molecule has 1 unspecified atom stereocenters. The predicted octanol–water partition coefficient (Wildman–Crippen LogP) is 5.00. The maximum absolute atomic E-state index is 6.46. The normalized spacial score (nSPS) is 14.6. The van der Waals surface area contributed by atoms with Crippen LogP contribution < -0.4 is 0 Å². The Morgan fingerprint density at radius 1 is 1.26 bits per heavy atom. The molecule has 0 aliphatic carbocycles. The average Bonchev–Trinajstić information content (AvgIpc) is 2.70. The van der Waals surface area contributed by atoms with E-state index in [0.29, 0.717) is 5.88 Å². The van der Waals surface area contributed by atoms with Gasteiger partial charge in [-0.3, -0.25) is 4.68 Å². The summed E-state index contributed by atoms with van der Waals surface area (Å²) >= 11 is 12.7. The molecule has 1 atom stereocenters. The van der Waals surface area contributed by atoms with Crippen molar-refractivity contribution in [2.24, 2.45) is 12.5 Å². The van der Waals surface area contributed by atoms with Gasteiger partial charge in [-0.05, 0) is 31.1 Å². The summed E-state index contributed by atoms with van der Waals surface area (Å²) in [6.07, 6.45) is 6.47. The molecule has 0 fully saturated rings. The van der Waals surface area contributed by atoms with Crippen molar-refractivity contribution in [2.45, 2.75) is 59.3 Å². The first kappa shape index (κ1) is 16.8. The van der Waals surface area contributed by atoms with Gasteiger partial charge in [0.1, 0.15) is 0 Å². The number of rotatable bonds is 8. The van der Waals surface area contributed by atoms with Gasteiger partial charge in [-0.2, -0.15) is 5.10 Å². The van der Waals surface area contributed by atoms with Gasteiger partial charge in [0, 0.05) is 12.9 Å². The number of hydrogen-bond donors (Lipinski definition) is 0. The van der Waals surface area contributed by atoms with Crippen LogP contribution in [-0.2, 0) is 19.9 Å². The van der Waals surface area contributed by atoms with E-state index in [1.54, 1.807) is 0 Å². The van der Waals surface area contributed by atoms with Gasteiger partial charge < -0.3 is 0 Å². The van der Waals surface area contributed by atoms with E-state index in [9.17, 15) is 0 Å². The van der Waals surface area contributed by atoms with Crippen molar-refractivity contribution in [1.29, 1.82) is 0 Å². The second-order valence-electron chi connectivity index (χ2n) is 5.45. The minimum Gasteiger partial charge on any atom is -0.271 e. The van der Waals surface area contributed by atoms with E-state index in [1.807, 2.05) is 11.7 Å². The van der Waals surface area contributed by atoms with Gasteiger partial charge in [0.25, 0.3) is 0 Å². The number of aromatic nitrogens is 2. The van der Waals surface area contributed by atoms with E-state index in [2.05, 4.69) is 25.9 Å². The van der Waals surface area contributed by atoms with Gasteiger partial charge in [-0.1, -0.05) is 45.2 Å². The summed E-state index contributed by atoms with van der Waals surface area (Å²) in [6, 6.07) is 0. The Kier molecular flexibility index (Phi) is 6.68. The van der Waals surface area contributed by atoms with Crippen LogP contribution in [0.3, 0.4) is 0 Å². The van der Waals surface area contributed by atoms with Crippen LogP contribution in [0.25, 0.3) is 0 Å². The highest BCUT2D eigenvalue weighted by molar-refractivity contribution is 6.31. The van der Waals surface area contributed by atoms with Crippen LogP contribution >= 0.6 is 23.2 Å². The van der Waals surface area contributed by atoms with Gasteiger partial charge in [-0.25, -0.2) is 0 Å². The Morgan fingerprint density at radius 3 is 2.37 bits per heavy atom. The molecule has 0 aliphatic heterocycles. The molecule has 1 heterocycles. The number of hydrogen-bond acceptors (Lipinski definition) is 1. The molecule has 2 nitrogen and oxygen atoms in total. The minimum absolute atomic E-state index is 0.153. The fraction of sp³-hybridized carbons (Fsp3) is 0.800. The highest BCUT2D eigenvalue weighted by atomic mass is 35.5. The topological polar surface area (TPSA) is 17.8 Å². The SMILES string of the molecule is CCCCC(CC)(CCl)Cc1c(Cl)c(CC)nn1C. The number of alkyl halides is 1. The van der Waals surface area contributed by atoms with E-state index < -0.39 is 0 Å². The van der Waals surface area contributed by atoms with Gasteiger partial charge in [0.15, 0.2) is 0 Å². The molecule has 110 valence electrons. The summed E-state index contributed by atoms with van der Waals surface area (Å²) in [6.45, 7) is 6.54. The number of halogens is 2. The largest absolute Gasteiger partial charge is 0.271 e. The summed E-state index contributed by atoms with van der Waals surface area (Å²) in [7, 11) is 1.98. The van der Waals surface area contributed by atoms with Crippen LogP contribution in [0.2, 0.25) is 5.02 Å². The molecule has 0 aromatic carbocycles. The zero-order chi connectivity index (χ0) is 14.5. The highest BCUT2D eigenvalue weighted by Crippen LogP contribution is 2.37. The molecule has 19 heavy (non-hydrogen) atoms. The second kappa shape index (κ2) is 7.54. The maximum atomic E-state index is 6.46. The summed E-state index contributed by atoms with van der Waals surface area (Å²) in [4.78, 5) is 0. The zero-order valence-corrected chi connectivity index (χ0v) is 14.1. The van der Waals surface area contributed by atoms with Gasteiger partial charge in [-0.15, -0.1) is 11.6 Å². The standard InChI is InChI=1S/C15H26Cl2N2/c1-5-8-9-15(7-3,11-16)10-13-14(17)12(6-2)18-19(13)4/h5-11H2,1-4H3. The zero-order valence-electron chi connectivity index (χ0n) is 12.6. The smallest absolute Gasteiger partial charge is 0.0849 e. The van der Waals surface area contributed by atoms with Crippen LogP contribution in [0.1, 0.15) is 57.8 Å². The minimum atomic E-state index is 0.153. The van der Waals surface area contributed by atoms with Gasteiger partial charge in [0.2, 0.25) is 0 Å². The molecule has 1 aromatic heterocycles. The van der Waals surface area contributed by atoms with Crippen molar-refractivity contribution >= 4 is 23.2 Å². The van der Waals surface area contributed by atoms with Crippen molar-refractivity contribution < 1.29 is 0 Å². The third kappa shape index (κ3) is 3.88. The van der Waals surface area contributed by atoms with E-state index in [1.165, 1.54) is 12.8 Å². The third-order valence-corrected chi connectivity index (χ3v) is 5.14. The van der Waals surface area contributed by atoms with Crippen molar-refractivity contribution in [3.8, 4) is 0 Å². The van der Waals surface area contributed by atoms with Crippen LogP contribution in [0, 0.1) is 5.41 Å². The number of unbranched alkanes of at least 4 members (excludes halogenated alkanes) is 1. The number of nitrogens with zero attached hydrogens (tertiary/aromatic N) is 2. The maximum Gasteiger partial charge on any atom is 0.0849 e. The van der Waals surface area contributed by atoms with Crippen molar-refractivity contribution in [1.82, 2.24) is 9.78 Å². The monoisotopic (exact) mass is 304 g/mol. The summed E-state index contributed by atoms with van der Waals surface area (Å²) in [5, 5.41) is 5.34. The molecule has 1 rings (SSSR count). The lowest BCUT2D eigenvalue weighted by Gasteiger charge is -2.31. The van der Waals surface area contributed by atoms with E-state index in [-0.39, 0.29) is 5.41 Å². The Bertz CT molecular complexity index is 395. The van der Waals surface area contributed by atoms with Crippen molar-refractivity contribution in [3.05, 3.63) is 16.4 Å². The Hall–Kier alpha value is -0.210. The molecular weight excluding hydrogens is 279 g/mol. The Balaban J connectivity index is 2.99. The Labute approximate surface area is 127 Å². The fourth-order valence-corrected chi connectivity index (χ4v) is 3.30. The van der Waals surface area contributed by atoms with Crippen LogP contribution in [0.5, 0.6) is 0 Å². The molecule has 0 bridgehead atoms. The highest BCUT2D eigenvalue weighted by Gasteiger charge is 2.30. The quantitative estimate of drug-likeness (QED) is 0.618. The molecule has 0 spiro atoms. The van der Waals surface area contributed by atoms with Crippen molar-refractivity contribution in [2.75, 3.05) is 5.88 Å². The first-order valence-electron chi connectivity index (χ1n) is 7.29. The summed E-state index contributed by atoms with van der Waals surface area (Å²) in [5.41, 5.74) is 2.28. The summed E-state index contributed by atoms with van der Waals surface area (Å²) in [5.74, 6) is 0.687. The average molecular weight is 305 g/mol. The fourth-order valence-electron chi connectivity index (χ4n) is 2.52. The molecule has 0 N–H and O–H groups in total. The molecular formula is C15H26Cl2N2. The van der Waals surface area contributed by atoms with Crippen molar-refractivity contribution in [3.63, 3.8) is 0 Å². The molecule has 0 amide bonds. The molecule has 1 aromatic rings. The van der Waals surface area contributed by atoms with E-state index in [4.69, 9.17) is 23.2 Å². The van der Waals surface area contributed by atoms with Gasteiger partial charge >= 0.3 is 0 Å². The lowest BCUT2D eigenvalue weighted by Crippen LogP contribution is -2.26. The van der Waals surface area contributed by atoms with Gasteiger partial charge in [0.05, 0.1) is 16.4 Å². The van der Waals surface area contributed by atoms with Crippen LogP contribution in [0.4, 0.5) is 0 Å². The molecule has 0 radical (unpaired) electrons. The van der Waals surface area contributed by atoms with E-state index in [0.717, 1.165) is 42.1 Å².